The lowest BCUT2D eigenvalue weighted by molar-refractivity contribution is 0.0698. The van der Waals surface area contributed by atoms with Crippen molar-refractivity contribution < 1.29 is 17.9 Å². The van der Waals surface area contributed by atoms with Crippen LogP contribution >= 0.6 is 0 Å². The average molecular weight is 324 g/mol. The minimum absolute atomic E-state index is 0.0387. The van der Waals surface area contributed by atoms with Gasteiger partial charge in [0.1, 0.15) is 0 Å². The second-order valence-electron chi connectivity index (χ2n) is 5.57. The molecule has 0 bridgehead atoms. The van der Waals surface area contributed by atoms with E-state index in [1.807, 2.05) is 18.2 Å². The first-order chi connectivity index (χ1) is 10.5. The van der Waals surface area contributed by atoms with Crippen LogP contribution in [0.2, 0.25) is 0 Å². The van der Waals surface area contributed by atoms with E-state index >= 15 is 0 Å². The van der Waals surface area contributed by atoms with Crippen molar-refractivity contribution in [1.82, 2.24) is 9.21 Å². The van der Waals surface area contributed by atoms with Gasteiger partial charge in [-0.3, -0.25) is 4.79 Å². The van der Waals surface area contributed by atoms with E-state index in [0.29, 0.717) is 45.0 Å². The van der Waals surface area contributed by atoms with Gasteiger partial charge in [0, 0.05) is 31.7 Å². The molecule has 0 unspecified atom stereocenters. The highest BCUT2D eigenvalue weighted by Crippen LogP contribution is 2.22. The lowest BCUT2D eigenvalue weighted by atomic mass is 10.1. The van der Waals surface area contributed by atoms with Gasteiger partial charge in [-0.2, -0.15) is 4.31 Å². The Balaban J connectivity index is 1.67. The third kappa shape index (κ3) is 2.88. The summed E-state index contributed by atoms with van der Waals surface area (Å²) in [6.07, 6.45) is 0. The van der Waals surface area contributed by atoms with Crippen LogP contribution in [0.5, 0.6) is 0 Å². The predicted octanol–water partition coefficient (Wildman–Crippen LogP) is 0.824. The van der Waals surface area contributed by atoms with Crippen LogP contribution < -0.4 is 0 Å². The van der Waals surface area contributed by atoms with E-state index in [4.69, 9.17) is 4.74 Å². The second-order valence-corrected chi connectivity index (χ2v) is 7.83. The Morgan fingerprint density at radius 2 is 1.82 bits per heavy atom. The van der Waals surface area contributed by atoms with Crippen molar-refractivity contribution in [2.45, 2.75) is 20.1 Å². The van der Waals surface area contributed by atoms with Gasteiger partial charge in [0.2, 0.25) is 10.0 Å². The number of hydrogen-bond donors (Lipinski definition) is 0. The zero-order valence-electron chi connectivity index (χ0n) is 12.6. The minimum atomic E-state index is -3.16. The molecule has 0 N–H and O–H groups in total. The number of hydrogen-bond acceptors (Lipinski definition) is 4. The van der Waals surface area contributed by atoms with E-state index in [9.17, 15) is 13.2 Å². The summed E-state index contributed by atoms with van der Waals surface area (Å²) in [5.74, 6) is 0.0643. The molecule has 1 aromatic rings. The highest BCUT2D eigenvalue weighted by atomic mass is 32.2. The lowest BCUT2D eigenvalue weighted by Gasteiger charge is -2.33. The summed E-state index contributed by atoms with van der Waals surface area (Å²) in [7, 11) is -3.16. The molecule has 120 valence electrons. The molecule has 2 aliphatic rings. The molecule has 1 saturated heterocycles. The SMILES string of the molecule is CCS(=O)(=O)N1CCN(C(=O)c2ccc3c(c2)COC3)CC1. The normalized spacial score (nSPS) is 19.2. The Bertz CT molecular complexity index is 679. The maximum Gasteiger partial charge on any atom is 0.253 e. The van der Waals surface area contributed by atoms with E-state index in [0.717, 1.165) is 11.1 Å². The number of benzene rings is 1. The van der Waals surface area contributed by atoms with Gasteiger partial charge in [-0.1, -0.05) is 6.07 Å². The first kappa shape index (κ1) is 15.5. The molecule has 3 rings (SSSR count). The van der Waals surface area contributed by atoms with E-state index in [2.05, 4.69) is 0 Å². The van der Waals surface area contributed by atoms with Crippen molar-refractivity contribution >= 4 is 15.9 Å². The van der Waals surface area contributed by atoms with Crippen LogP contribution in [0.15, 0.2) is 18.2 Å². The van der Waals surface area contributed by atoms with E-state index in [1.165, 1.54) is 4.31 Å². The van der Waals surface area contributed by atoms with E-state index in [1.54, 1.807) is 11.8 Å². The smallest absolute Gasteiger partial charge is 0.253 e. The summed E-state index contributed by atoms with van der Waals surface area (Å²) in [5.41, 5.74) is 2.85. The largest absolute Gasteiger partial charge is 0.372 e. The topological polar surface area (TPSA) is 66.9 Å². The average Bonchev–Trinajstić information content (AvgIpc) is 3.02. The highest BCUT2D eigenvalue weighted by molar-refractivity contribution is 7.89. The molecule has 1 fully saturated rings. The van der Waals surface area contributed by atoms with Gasteiger partial charge in [0.25, 0.3) is 5.91 Å². The zero-order chi connectivity index (χ0) is 15.7. The first-order valence-corrected chi connectivity index (χ1v) is 9.09. The third-order valence-corrected chi connectivity index (χ3v) is 6.13. The fourth-order valence-electron chi connectivity index (χ4n) is 2.84. The van der Waals surface area contributed by atoms with Gasteiger partial charge in [0.15, 0.2) is 0 Å². The molecule has 1 amide bonds. The molecule has 0 atom stereocenters. The molecular formula is C15H20N2O4S. The molecule has 1 aromatic carbocycles. The van der Waals surface area contributed by atoms with Gasteiger partial charge in [0.05, 0.1) is 19.0 Å². The number of amides is 1. The van der Waals surface area contributed by atoms with Crippen LogP contribution in [0.4, 0.5) is 0 Å². The standard InChI is InChI=1S/C15H20N2O4S/c1-2-22(19,20)17-7-5-16(6-8-17)15(18)12-3-4-13-10-21-11-14(13)9-12/h3-4,9H,2,5-8,10-11H2,1H3. The molecule has 0 spiro atoms. The monoisotopic (exact) mass is 324 g/mol. The maximum atomic E-state index is 12.5. The molecule has 2 aliphatic heterocycles. The maximum absolute atomic E-state index is 12.5. The summed E-state index contributed by atoms with van der Waals surface area (Å²) in [4.78, 5) is 14.3. The number of fused-ring (bicyclic) bond motifs is 1. The number of rotatable bonds is 3. The number of carbonyl (C=O) groups excluding carboxylic acids is 1. The summed E-state index contributed by atoms with van der Waals surface area (Å²) in [6, 6.07) is 5.65. The molecule has 0 aliphatic carbocycles. The number of ether oxygens (including phenoxy) is 1. The quantitative estimate of drug-likeness (QED) is 0.826. The molecule has 0 aromatic heterocycles. The van der Waals surface area contributed by atoms with Gasteiger partial charge in [-0.05, 0) is 30.2 Å². The van der Waals surface area contributed by atoms with Gasteiger partial charge < -0.3 is 9.64 Å². The number of piperazine rings is 1. The van der Waals surface area contributed by atoms with Crippen LogP contribution in [-0.4, -0.2) is 55.5 Å². The number of sulfonamides is 1. The highest BCUT2D eigenvalue weighted by Gasteiger charge is 2.28. The van der Waals surface area contributed by atoms with Crippen LogP contribution in [0.25, 0.3) is 0 Å². The van der Waals surface area contributed by atoms with Gasteiger partial charge in [-0.15, -0.1) is 0 Å². The van der Waals surface area contributed by atoms with Gasteiger partial charge >= 0.3 is 0 Å². The second kappa shape index (κ2) is 5.98. The molecule has 22 heavy (non-hydrogen) atoms. The first-order valence-electron chi connectivity index (χ1n) is 7.48. The lowest BCUT2D eigenvalue weighted by Crippen LogP contribution is -2.50. The van der Waals surface area contributed by atoms with E-state index < -0.39 is 10.0 Å². The summed E-state index contributed by atoms with van der Waals surface area (Å²) >= 11 is 0. The molecule has 0 radical (unpaired) electrons. The molecule has 7 heteroatoms. The number of nitrogens with zero attached hydrogens (tertiary/aromatic N) is 2. The molecule has 6 nitrogen and oxygen atoms in total. The Kier molecular flexibility index (Phi) is 4.20. The fraction of sp³-hybridized carbons (Fsp3) is 0.533. The van der Waals surface area contributed by atoms with E-state index in [-0.39, 0.29) is 11.7 Å². The van der Waals surface area contributed by atoms with Crippen molar-refractivity contribution in [1.29, 1.82) is 0 Å². The predicted molar refractivity (Wildman–Crippen MR) is 81.9 cm³/mol. The fourth-order valence-corrected chi connectivity index (χ4v) is 3.92. The molecule has 0 saturated carbocycles. The third-order valence-electron chi connectivity index (χ3n) is 4.25. The van der Waals surface area contributed by atoms with Gasteiger partial charge in [-0.25, -0.2) is 8.42 Å². The summed E-state index contributed by atoms with van der Waals surface area (Å²) < 4.78 is 30.5. The summed E-state index contributed by atoms with van der Waals surface area (Å²) in [6.45, 7) is 4.42. The molecular weight excluding hydrogens is 304 g/mol. The number of carbonyl (C=O) groups is 1. The minimum Gasteiger partial charge on any atom is -0.372 e. The van der Waals surface area contributed by atoms with Crippen molar-refractivity contribution in [3.8, 4) is 0 Å². The van der Waals surface area contributed by atoms with Crippen LogP contribution in [0.1, 0.15) is 28.4 Å². The Hall–Kier alpha value is -1.44. The van der Waals surface area contributed by atoms with Crippen molar-refractivity contribution in [3.63, 3.8) is 0 Å². The van der Waals surface area contributed by atoms with Crippen LogP contribution in [0.3, 0.4) is 0 Å². The van der Waals surface area contributed by atoms with Crippen molar-refractivity contribution in [3.05, 3.63) is 34.9 Å². The summed E-state index contributed by atoms with van der Waals surface area (Å²) in [5, 5.41) is 0. The van der Waals surface area contributed by atoms with Crippen molar-refractivity contribution in [2.75, 3.05) is 31.9 Å². The van der Waals surface area contributed by atoms with Crippen molar-refractivity contribution in [2.24, 2.45) is 0 Å². The Morgan fingerprint density at radius 1 is 1.14 bits per heavy atom. The zero-order valence-corrected chi connectivity index (χ0v) is 13.4. The Morgan fingerprint density at radius 3 is 2.50 bits per heavy atom. The Labute approximate surface area is 130 Å². The van der Waals surface area contributed by atoms with Crippen LogP contribution in [0, 0.1) is 0 Å². The molecule has 2 heterocycles. The van der Waals surface area contributed by atoms with Crippen LogP contribution in [-0.2, 0) is 28.0 Å².